The van der Waals surface area contributed by atoms with Crippen LogP contribution >= 0.6 is 0 Å². The molecule has 20 heavy (non-hydrogen) atoms. The van der Waals surface area contributed by atoms with Gasteiger partial charge in [-0.3, -0.25) is 9.69 Å². The molecule has 1 aromatic rings. The van der Waals surface area contributed by atoms with E-state index in [4.69, 9.17) is 4.74 Å². The highest BCUT2D eigenvalue weighted by Gasteiger charge is 2.36. The fourth-order valence-electron chi connectivity index (χ4n) is 3.56. The number of aromatic hydroxyl groups is 1. The van der Waals surface area contributed by atoms with Crippen molar-refractivity contribution in [3.63, 3.8) is 0 Å². The molecule has 0 radical (unpaired) electrons. The monoisotopic (exact) mass is 275 g/mol. The number of phenolic OH excluding ortho intramolecular Hbond substituents is 1. The summed E-state index contributed by atoms with van der Waals surface area (Å²) in [5, 5.41) is 9.96. The number of hydrogen-bond donors (Lipinski definition) is 1. The fourth-order valence-corrected chi connectivity index (χ4v) is 3.56. The zero-order valence-corrected chi connectivity index (χ0v) is 11.8. The Labute approximate surface area is 119 Å². The molecule has 2 heterocycles. The summed E-state index contributed by atoms with van der Waals surface area (Å²) in [6.07, 6.45) is 4.78. The number of Topliss-reactive ketones (excluding diaryl/α,β-unsaturated/α-hetero) is 1. The van der Waals surface area contributed by atoms with Crippen LogP contribution in [0.5, 0.6) is 11.5 Å². The molecule has 4 nitrogen and oxygen atoms in total. The van der Waals surface area contributed by atoms with Gasteiger partial charge in [0, 0.05) is 24.9 Å². The zero-order chi connectivity index (χ0) is 14.1. The third-order valence-corrected chi connectivity index (χ3v) is 4.55. The number of piperidine rings is 2. The second kappa shape index (κ2) is 5.44. The number of ketones is 1. The highest BCUT2D eigenvalue weighted by molar-refractivity contribution is 5.80. The Kier molecular flexibility index (Phi) is 3.66. The third kappa shape index (κ3) is 2.40. The van der Waals surface area contributed by atoms with Crippen molar-refractivity contribution in [2.45, 2.75) is 44.2 Å². The summed E-state index contributed by atoms with van der Waals surface area (Å²) in [5.74, 6) is 0.969. The number of benzene rings is 1. The molecular weight excluding hydrogens is 254 g/mol. The van der Waals surface area contributed by atoms with Crippen molar-refractivity contribution in [1.82, 2.24) is 4.90 Å². The van der Waals surface area contributed by atoms with Gasteiger partial charge in [-0.2, -0.15) is 0 Å². The van der Waals surface area contributed by atoms with Crippen LogP contribution in [0.1, 0.15) is 43.7 Å². The smallest absolute Gasteiger partial charge is 0.160 e. The molecule has 0 bridgehead atoms. The number of phenols is 1. The number of fused-ring (bicyclic) bond motifs is 1. The van der Waals surface area contributed by atoms with Crippen LogP contribution in [0.2, 0.25) is 0 Å². The van der Waals surface area contributed by atoms with Gasteiger partial charge in [0.05, 0.1) is 7.11 Å². The summed E-state index contributed by atoms with van der Waals surface area (Å²) < 4.78 is 5.08. The Morgan fingerprint density at radius 1 is 1.30 bits per heavy atom. The zero-order valence-electron chi connectivity index (χ0n) is 11.8. The van der Waals surface area contributed by atoms with E-state index in [1.165, 1.54) is 12.8 Å². The van der Waals surface area contributed by atoms with E-state index in [0.29, 0.717) is 30.4 Å². The van der Waals surface area contributed by atoms with Gasteiger partial charge in [0.1, 0.15) is 5.78 Å². The first-order valence-corrected chi connectivity index (χ1v) is 7.33. The lowest BCUT2D eigenvalue weighted by molar-refractivity contribution is -0.126. The molecule has 0 aliphatic carbocycles. The Morgan fingerprint density at radius 3 is 2.90 bits per heavy atom. The largest absolute Gasteiger partial charge is 0.504 e. The van der Waals surface area contributed by atoms with Gasteiger partial charge >= 0.3 is 0 Å². The van der Waals surface area contributed by atoms with Crippen LogP contribution in [0.25, 0.3) is 0 Å². The summed E-state index contributed by atoms with van der Waals surface area (Å²) in [6.45, 7) is 1.05. The van der Waals surface area contributed by atoms with Gasteiger partial charge in [-0.1, -0.05) is 12.5 Å². The standard InChI is InChI=1S/C16H21NO3/c1-20-16-6-5-11(8-15(16)19)14-10-13(18)9-12-4-2-3-7-17(12)14/h5-6,8,12,14,19H,2-4,7,9-10H2,1H3. The van der Waals surface area contributed by atoms with Gasteiger partial charge in [0.25, 0.3) is 0 Å². The number of carbonyl (C=O) groups excluding carboxylic acids is 1. The van der Waals surface area contributed by atoms with Crippen LogP contribution in [0, 0.1) is 0 Å². The van der Waals surface area contributed by atoms with Crippen LogP contribution in [0.15, 0.2) is 18.2 Å². The van der Waals surface area contributed by atoms with E-state index in [9.17, 15) is 9.90 Å². The van der Waals surface area contributed by atoms with Crippen molar-refractivity contribution < 1.29 is 14.6 Å². The van der Waals surface area contributed by atoms with E-state index >= 15 is 0 Å². The Bertz CT molecular complexity index is 514. The topological polar surface area (TPSA) is 49.8 Å². The van der Waals surface area contributed by atoms with Gasteiger partial charge in [0.15, 0.2) is 11.5 Å². The summed E-state index contributed by atoms with van der Waals surface area (Å²) in [5.41, 5.74) is 1.02. The number of nitrogens with zero attached hydrogens (tertiary/aromatic N) is 1. The summed E-state index contributed by atoms with van der Waals surface area (Å²) in [4.78, 5) is 14.4. The number of methoxy groups -OCH3 is 1. The average molecular weight is 275 g/mol. The molecule has 0 amide bonds. The number of carbonyl (C=O) groups is 1. The van der Waals surface area contributed by atoms with Crippen molar-refractivity contribution in [1.29, 1.82) is 0 Å². The van der Waals surface area contributed by atoms with Crippen LogP contribution < -0.4 is 4.74 Å². The molecule has 1 N–H and O–H groups in total. The summed E-state index contributed by atoms with van der Waals surface area (Å²) in [7, 11) is 1.54. The molecule has 2 atom stereocenters. The lowest BCUT2D eigenvalue weighted by atomic mass is 9.85. The molecule has 0 saturated carbocycles. The minimum Gasteiger partial charge on any atom is -0.504 e. The Balaban J connectivity index is 1.90. The molecule has 0 spiro atoms. The number of hydrogen-bond acceptors (Lipinski definition) is 4. The first-order chi connectivity index (χ1) is 9.69. The van der Waals surface area contributed by atoms with Crippen molar-refractivity contribution in [3.8, 4) is 11.5 Å². The van der Waals surface area contributed by atoms with E-state index < -0.39 is 0 Å². The van der Waals surface area contributed by atoms with E-state index in [0.717, 1.165) is 18.5 Å². The second-order valence-electron chi connectivity index (χ2n) is 5.78. The molecule has 0 aromatic heterocycles. The number of ether oxygens (including phenoxy) is 1. The van der Waals surface area contributed by atoms with Gasteiger partial charge in [-0.05, 0) is 37.1 Å². The summed E-state index contributed by atoms with van der Waals surface area (Å²) >= 11 is 0. The van der Waals surface area contributed by atoms with Crippen LogP contribution in [-0.2, 0) is 4.79 Å². The molecule has 108 valence electrons. The summed E-state index contributed by atoms with van der Waals surface area (Å²) in [6, 6.07) is 5.99. The second-order valence-corrected chi connectivity index (χ2v) is 5.78. The average Bonchev–Trinajstić information content (AvgIpc) is 2.46. The molecule has 3 rings (SSSR count). The van der Waals surface area contributed by atoms with Gasteiger partial charge < -0.3 is 9.84 Å². The maximum Gasteiger partial charge on any atom is 0.160 e. The molecular formula is C16H21NO3. The van der Waals surface area contributed by atoms with E-state index in [1.807, 2.05) is 6.07 Å². The molecule has 2 saturated heterocycles. The fraction of sp³-hybridized carbons (Fsp3) is 0.562. The lowest BCUT2D eigenvalue weighted by Gasteiger charge is -2.44. The number of rotatable bonds is 2. The third-order valence-electron chi connectivity index (χ3n) is 4.55. The molecule has 1 aromatic carbocycles. The van der Waals surface area contributed by atoms with Crippen molar-refractivity contribution in [3.05, 3.63) is 23.8 Å². The first-order valence-electron chi connectivity index (χ1n) is 7.33. The van der Waals surface area contributed by atoms with Crippen molar-refractivity contribution in [2.24, 2.45) is 0 Å². The quantitative estimate of drug-likeness (QED) is 0.901. The molecule has 2 aliphatic rings. The van der Waals surface area contributed by atoms with Crippen molar-refractivity contribution >= 4 is 5.78 Å². The Hall–Kier alpha value is -1.55. The first kappa shape index (κ1) is 13.4. The van der Waals surface area contributed by atoms with Crippen LogP contribution in [0.4, 0.5) is 0 Å². The molecule has 2 aliphatic heterocycles. The maximum absolute atomic E-state index is 12.0. The highest BCUT2D eigenvalue weighted by Crippen LogP contribution is 2.39. The minimum atomic E-state index is 0.110. The van der Waals surface area contributed by atoms with Gasteiger partial charge in [0.2, 0.25) is 0 Å². The van der Waals surface area contributed by atoms with Crippen LogP contribution in [-0.4, -0.2) is 35.5 Å². The molecule has 4 heteroatoms. The van der Waals surface area contributed by atoms with Gasteiger partial charge in [-0.15, -0.1) is 0 Å². The predicted octanol–water partition coefficient (Wildman–Crippen LogP) is 2.66. The van der Waals surface area contributed by atoms with Crippen molar-refractivity contribution in [2.75, 3.05) is 13.7 Å². The highest BCUT2D eigenvalue weighted by atomic mass is 16.5. The SMILES string of the molecule is COc1ccc(C2CC(=O)CC3CCCCN32)cc1O. The minimum absolute atomic E-state index is 0.110. The maximum atomic E-state index is 12.0. The molecule has 2 unspecified atom stereocenters. The van der Waals surface area contributed by atoms with Gasteiger partial charge in [-0.25, -0.2) is 0 Å². The van der Waals surface area contributed by atoms with E-state index in [2.05, 4.69) is 4.90 Å². The van der Waals surface area contributed by atoms with E-state index in [1.54, 1.807) is 19.2 Å². The lowest BCUT2D eigenvalue weighted by Crippen LogP contribution is -2.47. The normalized spacial score (nSPS) is 27.1. The molecule has 2 fully saturated rings. The Morgan fingerprint density at radius 2 is 2.15 bits per heavy atom. The predicted molar refractivity (Wildman–Crippen MR) is 76.0 cm³/mol. The van der Waals surface area contributed by atoms with Crippen LogP contribution in [0.3, 0.4) is 0 Å². The van der Waals surface area contributed by atoms with E-state index in [-0.39, 0.29) is 11.8 Å².